The van der Waals surface area contributed by atoms with Crippen LogP contribution >= 0.6 is 0 Å². The smallest absolute Gasteiger partial charge is 0.233 e. The molecular formula is C28H29NO6. The Labute approximate surface area is 203 Å². The molecule has 4 aliphatic carbocycles. The van der Waals surface area contributed by atoms with Crippen LogP contribution in [0, 0.1) is 17.8 Å². The number of nitrogens with zero attached hydrogens (tertiary/aromatic N) is 1. The Morgan fingerprint density at radius 3 is 2.51 bits per heavy atom. The summed E-state index contributed by atoms with van der Waals surface area (Å²) in [6.45, 7) is 1.36. The van der Waals surface area contributed by atoms with Crippen LogP contribution in [0.2, 0.25) is 0 Å². The summed E-state index contributed by atoms with van der Waals surface area (Å²) in [6, 6.07) is 3.36. The fourth-order valence-electron chi connectivity index (χ4n) is 7.07. The van der Waals surface area contributed by atoms with Gasteiger partial charge < -0.3 is 9.52 Å². The molecule has 5 aliphatic rings. The number of carbonyl (C=O) groups is 4. The van der Waals surface area contributed by atoms with E-state index in [0.29, 0.717) is 34.7 Å². The van der Waals surface area contributed by atoms with Gasteiger partial charge in [0.15, 0.2) is 11.6 Å². The highest BCUT2D eigenvalue weighted by Crippen LogP contribution is 2.55. The summed E-state index contributed by atoms with van der Waals surface area (Å²) in [7, 11) is 0. The Bertz CT molecular complexity index is 1240. The lowest BCUT2D eigenvalue weighted by Gasteiger charge is -2.41. The molecule has 1 N–H and O–H groups in total. The molecule has 1 aliphatic heterocycles. The summed E-state index contributed by atoms with van der Waals surface area (Å²) in [5.74, 6) is -1.64. The highest BCUT2D eigenvalue weighted by atomic mass is 16.4. The van der Waals surface area contributed by atoms with E-state index in [2.05, 4.69) is 0 Å². The predicted molar refractivity (Wildman–Crippen MR) is 125 cm³/mol. The van der Waals surface area contributed by atoms with Crippen molar-refractivity contribution in [2.75, 3.05) is 0 Å². The maximum Gasteiger partial charge on any atom is 0.233 e. The monoisotopic (exact) mass is 475 g/mol. The minimum absolute atomic E-state index is 0.0350. The molecule has 35 heavy (non-hydrogen) atoms. The van der Waals surface area contributed by atoms with Gasteiger partial charge in [0.05, 0.1) is 17.8 Å². The van der Waals surface area contributed by atoms with E-state index in [1.807, 2.05) is 6.08 Å². The lowest BCUT2D eigenvalue weighted by atomic mass is 9.60. The molecule has 2 fully saturated rings. The number of rotatable bonds is 3. The molecule has 0 unspecified atom stereocenters. The number of Topliss-reactive ketones (excluding diaryl/α,β-unsaturated/α-hetero) is 1. The number of amides is 2. The van der Waals surface area contributed by atoms with Crippen molar-refractivity contribution in [3.8, 4) is 0 Å². The van der Waals surface area contributed by atoms with Crippen molar-refractivity contribution in [2.45, 2.75) is 70.4 Å². The zero-order valence-electron chi connectivity index (χ0n) is 19.8. The van der Waals surface area contributed by atoms with Gasteiger partial charge in [0.1, 0.15) is 18.1 Å². The largest absolute Gasteiger partial charge is 0.463 e. The highest BCUT2D eigenvalue weighted by molar-refractivity contribution is 6.23. The van der Waals surface area contributed by atoms with Crippen molar-refractivity contribution in [1.29, 1.82) is 0 Å². The fourth-order valence-corrected chi connectivity index (χ4v) is 7.07. The number of fused-ring (bicyclic) bond motifs is 3. The van der Waals surface area contributed by atoms with E-state index in [4.69, 9.17) is 4.42 Å². The van der Waals surface area contributed by atoms with E-state index in [0.717, 1.165) is 37.7 Å². The molecule has 4 atom stereocenters. The summed E-state index contributed by atoms with van der Waals surface area (Å²) in [6.07, 6.45) is 8.99. The molecule has 2 amide bonds. The molecule has 1 saturated heterocycles. The van der Waals surface area contributed by atoms with Crippen LogP contribution in [0.5, 0.6) is 0 Å². The third kappa shape index (κ3) is 3.28. The van der Waals surface area contributed by atoms with E-state index in [-0.39, 0.29) is 48.4 Å². The van der Waals surface area contributed by atoms with Crippen LogP contribution in [0.15, 0.2) is 51.0 Å². The summed E-state index contributed by atoms with van der Waals surface area (Å²) >= 11 is 0. The second-order valence-electron chi connectivity index (χ2n) is 10.5. The molecule has 1 saturated carbocycles. The minimum atomic E-state index is -0.600. The predicted octanol–water partition coefficient (Wildman–Crippen LogP) is 3.53. The van der Waals surface area contributed by atoms with Crippen molar-refractivity contribution < 1.29 is 28.7 Å². The van der Waals surface area contributed by atoms with Crippen LogP contribution in [-0.2, 0) is 25.8 Å². The fraction of sp³-hybridized carbons (Fsp3) is 0.500. The van der Waals surface area contributed by atoms with E-state index in [9.17, 15) is 24.3 Å². The lowest BCUT2D eigenvalue weighted by molar-refractivity contribution is -0.143. The molecule has 1 aromatic rings. The first-order chi connectivity index (χ1) is 16.9. The Kier molecular flexibility index (Phi) is 5.29. The maximum absolute atomic E-state index is 13.8. The molecule has 1 aromatic heterocycles. The first kappa shape index (κ1) is 22.4. The number of allylic oxidation sites excluding steroid dienone is 6. The van der Waals surface area contributed by atoms with Gasteiger partial charge in [-0.25, -0.2) is 0 Å². The molecule has 182 valence electrons. The number of carbonyl (C=O) groups excluding carboxylic acids is 4. The number of ketones is 2. The van der Waals surface area contributed by atoms with Crippen LogP contribution in [0.3, 0.4) is 0 Å². The summed E-state index contributed by atoms with van der Waals surface area (Å²) in [5, 5.41) is 9.54. The number of likely N-dealkylation sites (tertiary alicyclic amines) is 1. The van der Waals surface area contributed by atoms with Crippen molar-refractivity contribution in [1.82, 2.24) is 4.90 Å². The summed E-state index contributed by atoms with van der Waals surface area (Å²) < 4.78 is 5.88. The topological polar surface area (TPSA) is 105 Å². The molecule has 0 bridgehead atoms. The zero-order valence-corrected chi connectivity index (χ0v) is 19.8. The molecule has 6 rings (SSSR count). The highest BCUT2D eigenvalue weighted by Gasteiger charge is 2.57. The molecular weight excluding hydrogens is 446 g/mol. The molecule has 0 aromatic carbocycles. The number of aliphatic hydroxyl groups excluding tert-OH is 1. The number of aliphatic hydroxyl groups is 1. The van der Waals surface area contributed by atoms with Crippen LogP contribution in [0.4, 0.5) is 0 Å². The van der Waals surface area contributed by atoms with Crippen molar-refractivity contribution in [3.63, 3.8) is 0 Å². The van der Waals surface area contributed by atoms with Gasteiger partial charge in [0.25, 0.3) is 0 Å². The molecule has 2 heterocycles. The van der Waals surface area contributed by atoms with E-state index >= 15 is 0 Å². The average molecular weight is 476 g/mol. The van der Waals surface area contributed by atoms with Crippen molar-refractivity contribution >= 4 is 23.4 Å². The second-order valence-corrected chi connectivity index (χ2v) is 10.5. The van der Waals surface area contributed by atoms with Gasteiger partial charge in [-0.1, -0.05) is 30.9 Å². The van der Waals surface area contributed by atoms with Crippen LogP contribution < -0.4 is 0 Å². The first-order valence-electron chi connectivity index (χ1n) is 12.7. The van der Waals surface area contributed by atoms with E-state index in [1.54, 1.807) is 24.0 Å². The third-order valence-corrected chi connectivity index (χ3v) is 8.66. The van der Waals surface area contributed by atoms with Crippen LogP contribution in [-0.4, -0.2) is 39.4 Å². The Hall–Kier alpha value is -3.06. The summed E-state index contributed by atoms with van der Waals surface area (Å²) in [5.41, 5.74) is 2.10. The van der Waals surface area contributed by atoms with E-state index in [1.165, 1.54) is 6.08 Å². The lowest BCUT2D eigenvalue weighted by Crippen LogP contribution is -2.43. The maximum atomic E-state index is 13.8. The van der Waals surface area contributed by atoms with Crippen LogP contribution in [0.25, 0.3) is 0 Å². The van der Waals surface area contributed by atoms with Gasteiger partial charge in [-0.15, -0.1) is 0 Å². The molecule has 0 spiro atoms. The van der Waals surface area contributed by atoms with Crippen LogP contribution in [0.1, 0.15) is 69.3 Å². The summed E-state index contributed by atoms with van der Waals surface area (Å²) in [4.78, 5) is 55.2. The van der Waals surface area contributed by atoms with Gasteiger partial charge in [-0.05, 0) is 56.7 Å². The molecule has 7 nitrogen and oxygen atoms in total. The molecule has 7 heteroatoms. The number of hydrogen-bond acceptors (Lipinski definition) is 6. The normalized spacial score (nSPS) is 31.3. The Balaban J connectivity index is 1.45. The second kappa shape index (κ2) is 8.26. The van der Waals surface area contributed by atoms with Crippen molar-refractivity contribution in [3.05, 3.63) is 58.1 Å². The van der Waals surface area contributed by atoms with Crippen molar-refractivity contribution in [2.24, 2.45) is 17.8 Å². The SMILES string of the molecule is CC1=CC(=O)C2=C(C[C@@H]3C(=CC[C@@H]4C(=O)N(C5CCCCC5)C(=O)[C@@H]43)[C@@H]2c2ccc(CO)o2)C1=O. The van der Waals surface area contributed by atoms with Gasteiger partial charge in [0.2, 0.25) is 11.8 Å². The number of furan rings is 1. The van der Waals surface area contributed by atoms with E-state index < -0.39 is 17.8 Å². The first-order valence-corrected chi connectivity index (χ1v) is 12.7. The number of imide groups is 1. The van der Waals surface area contributed by atoms with Gasteiger partial charge in [0, 0.05) is 22.8 Å². The Morgan fingerprint density at radius 1 is 1.03 bits per heavy atom. The standard InChI is InChI=1S/C28H29NO6/c1-14-11-21(31)24-20(26(14)32)12-19-17(25(24)22-10-7-16(13-30)35-22)8-9-18-23(19)28(34)29(27(18)33)15-5-3-2-4-6-15/h7-8,10-11,15,18-19,23,25,30H,2-6,9,12-13H2,1H3/t18-,19+,23-,25+/m0/s1. The van der Waals surface area contributed by atoms with Gasteiger partial charge in [-0.2, -0.15) is 0 Å². The zero-order chi connectivity index (χ0) is 24.4. The minimum Gasteiger partial charge on any atom is -0.463 e. The molecule has 0 radical (unpaired) electrons. The average Bonchev–Trinajstić information content (AvgIpc) is 3.44. The Morgan fingerprint density at radius 2 is 1.80 bits per heavy atom. The third-order valence-electron chi connectivity index (χ3n) is 8.66. The van der Waals surface area contributed by atoms with Gasteiger partial charge in [-0.3, -0.25) is 24.1 Å². The number of hydrogen-bond donors (Lipinski definition) is 1. The van der Waals surface area contributed by atoms with Gasteiger partial charge >= 0.3 is 0 Å². The quantitative estimate of drug-likeness (QED) is 0.407.